The molecular formula is C10H7N7O. The second kappa shape index (κ2) is 3.06. The van der Waals surface area contributed by atoms with Crippen LogP contribution in [-0.4, -0.2) is 29.5 Å². The van der Waals surface area contributed by atoms with Gasteiger partial charge in [0.15, 0.2) is 22.9 Å². The van der Waals surface area contributed by atoms with Crippen LogP contribution in [0, 0.1) is 0 Å². The highest BCUT2D eigenvalue weighted by atomic mass is 16.3. The maximum absolute atomic E-state index is 5.77. The van der Waals surface area contributed by atoms with Crippen molar-refractivity contribution in [1.29, 1.82) is 0 Å². The van der Waals surface area contributed by atoms with Gasteiger partial charge in [-0.2, -0.15) is 14.6 Å². The Labute approximate surface area is 99.5 Å². The molecule has 0 bridgehead atoms. The molecule has 0 aliphatic rings. The first-order valence-electron chi connectivity index (χ1n) is 5.22. The number of nitrogens with two attached hydrogens (primary N) is 1. The third kappa shape index (κ3) is 1.08. The van der Waals surface area contributed by atoms with E-state index in [-0.39, 0.29) is 5.95 Å². The average molecular weight is 241 g/mol. The second-order valence-electron chi connectivity index (χ2n) is 3.73. The molecule has 4 rings (SSSR count). The van der Waals surface area contributed by atoms with Gasteiger partial charge in [0.25, 0.3) is 0 Å². The Hall–Kier alpha value is -2.90. The van der Waals surface area contributed by atoms with E-state index < -0.39 is 0 Å². The number of furan rings is 1. The number of H-pyrrole nitrogens is 1. The number of nitrogen functional groups attached to an aromatic ring is 1. The molecule has 3 N–H and O–H groups in total. The van der Waals surface area contributed by atoms with Gasteiger partial charge in [0, 0.05) is 0 Å². The third-order valence-electron chi connectivity index (χ3n) is 2.65. The summed E-state index contributed by atoms with van der Waals surface area (Å²) in [6.07, 6.45) is 3.00. The van der Waals surface area contributed by atoms with Crippen LogP contribution in [0.4, 0.5) is 5.95 Å². The van der Waals surface area contributed by atoms with Gasteiger partial charge in [-0.15, -0.1) is 0 Å². The van der Waals surface area contributed by atoms with Crippen LogP contribution >= 0.6 is 0 Å². The van der Waals surface area contributed by atoms with E-state index in [0.717, 1.165) is 0 Å². The fraction of sp³-hybridized carbons (Fsp3) is 0. The maximum Gasteiger partial charge on any atom is 0.225 e. The predicted molar refractivity (Wildman–Crippen MR) is 62.5 cm³/mol. The summed E-state index contributed by atoms with van der Waals surface area (Å²) in [4.78, 5) is 15.7. The van der Waals surface area contributed by atoms with E-state index >= 15 is 0 Å². The molecule has 0 aromatic carbocycles. The summed E-state index contributed by atoms with van der Waals surface area (Å²) in [5.74, 6) is 1.45. The SMILES string of the molecule is Nc1nc2nc(-c3ccco3)[nH]c2c2ncnn12. The highest BCUT2D eigenvalue weighted by Crippen LogP contribution is 2.22. The first kappa shape index (κ1) is 9.16. The molecule has 0 atom stereocenters. The third-order valence-corrected chi connectivity index (χ3v) is 2.65. The van der Waals surface area contributed by atoms with Crippen LogP contribution in [0.3, 0.4) is 0 Å². The van der Waals surface area contributed by atoms with Gasteiger partial charge < -0.3 is 15.1 Å². The molecule has 0 aliphatic heterocycles. The smallest absolute Gasteiger partial charge is 0.225 e. The normalized spacial score (nSPS) is 11.6. The Morgan fingerprint density at radius 3 is 3.11 bits per heavy atom. The van der Waals surface area contributed by atoms with Crippen molar-refractivity contribution in [2.45, 2.75) is 0 Å². The monoisotopic (exact) mass is 241 g/mol. The van der Waals surface area contributed by atoms with Crippen LogP contribution in [-0.2, 0) is 0 Å². The molecule has 0 fully saturated rings. The molecule has 4 aromatic heterocycles. The number of aromatic amines is 1. The highest BCUT2D eigenvalue weighted by molar-refractivity contribution is 5.88. The van der Waals surface area contributed by atoms with Crippen LogP contribution in [0.15, 0.2) is 29.1 Å². The topological polar surface area (TPSA) is 111 Å². The van der Waals surface area contributed by atoms with E-state index in [0.29, 0.717) is 28.4 Å². The fourth-order valence-electron chi connectivity index (χ4n) is 1.87. The van der Waals surface area contributed by atoms with Gasteiger partial charge in [-0.25, -0.2) is 9.97 Å². The van der Waals surface area contributed by atoms with Gasteiger partial charge in [-0.3, -0.25) is 0 Å². The molecule has 0 spiro atoms. The lowest BCUT2D eigenvalue weighted by molar-refractivity contribution is 0.578. The molecular weight excluding hydrogens is 234 g/mol. The molecule has 18 heavy (non-hydrogen) atoms. The zero-order chi connectivity index (χ0) is 12.1. The molecule has 0 radical (unpaired) electrons. The number of nitrogens with one attached hydrogen (secondary N) is 1. The van der Waals surface area contributed by atoms with Crippen LogP contribution in [0.2, 0.25) is 0 Å². The van der Waals surface area contributed by atoms with Gasteiger partial charge in [-0.05, 0) is 12.1 Å². The summed E-state index contributed by atoms with van der Waals surface area (Å²) >= 11 is 0. The van der Waals surface area contributed by atoms with Gasteiger partial charge in [0.05, 0.1) is 6.26 Å². The quantitative estimate of drug-likeness (QED) is 0.511. The largest absolute Gasteiger partial charge is 0.461 e. The van der Waals surface area contributed by atoms with E-state index in [9.17, 15) is 0 Å². The Morgan fingerprint density at radius 2 is 2.28 bits per heavy atom. The summed E-state index contributed by atoms with van der Waals surface area (Å²) in [5.41, 5.74) is 7.51. The van der Waals surface area contributed by atoms with Crippen molar-refractivity contribution in [2.75, 3.05) is 5.73 Å². The molecule has 4 aromatic rings. The number of anilines is 1. The molecule has 0 saturated heterocycles. The van der Waals surface area contributed by atoms with E-state index in [2.05, 4.69) is 25.0 Å². The summed E-state index contributed by atoms with van der Waals surface area (Å²) in [5, 5.41) is 3.99. The molecule has 4 heterocycles. The summed E-state index contributed by atoms with van der Waals surface area (Å²) in [6.45, 7) is 0. The van der Waals surface area contributed by atoms with Gasteiger partial charge in [-0.1, -0.05) is 0 Å². The average Bonchev–Trinajstić information content (AvgIpc) is 3.08. The van der Waals surface area contributed by atoms with Gasteiger partial charge >= 0.3 is 0 Å². The van der Waals surface area contributed by atoms with E-state index in [4.69, 9.17) is 10.2 Å². The van der Waals surface area contributed by atoms with E-state index in [1.54, 1.807) is 12.3 Å². The second-order valence-corrected chi connectivity index (χ2v) is 3.73. The number of imidazole rings is 1. The number of hydrogen-bond acceptors (Lipinski definition) is 6. The number of hydrogen-bond donors (Lipinski definition) is 2. The molecule has 0 aliphatic carbocycles. The lowest BCUT2D eigenvalue weighted by atomic mass is 10.4. The lowest BCUT2D eigenvalue weighted by Gasteiger charge is -1.95. The summed E-state index contributed by atoms with van der Waals surface area (Å²) in [7, 11) is 0. The minimum atomic E-state index is 0.243. The molecule has 8 nitrogen and oxygen atoms in total. The van der Waals surface area contributed by atoms with E-state index in [1.807, 2.05) is 6.07 Å². The van der Waals surface area contributed by atoms with Crippen molar-refractivity contribution < 1.29 is 4.42 Å². The molecule has 0 unspecified atom stereocenters. The predicted octanol–water partition coefficient (Wildman–Crippen LogP) is 0.843. The van der Waals surface area contributed by atoms with Gasteiger partial charge in [0.2, 0.25) is 5.95 Å². The van der Waals surface area contributed by atoms with Crippen LogP contribution < -0.4 is 5.73 Å². The van der Waals surface area contributed by atoms with Gasteiger partial charge in [0.1, 0.15) is 11.8 Å². The Kier molecular flexibility index (Phi) is 1.56. The molecule has 0 saturated carbocycles. The fourth-order valence-corrected chi connectivity index (χ4v) is 1.87. The minimum absolute atomic E-state index is 0.243. The summed E-state index contributed by atoms with van der Waals surface area (Å²) in [6, 6.07) is 3.60. The van der Waals surface area contributed by atoms with Crippen LogP contribution in [0.1, 0.15) is 0 Å². The number of nitrogens with zero attached hydrogens (tertiary/aromatic N) is 5. The van der Waals surface area contributed by atoms with Crippen molar-refractivity contribution in [3.8, 4) is 11.6 Å². The molecule has 0 amide bonds. The van der Waals surface area contributed by atoms with Crippen molar-refractivity contribution >= 4 is 22.8 Å². The molecule has 88 valence electrons. The maximum atomic E-state index is 5.77. The first-order valence-corrected chi connectivity index (χ1v) is 5.22. The standard InChI is InChI=1S/C10H7N7O/c11-10-16-8-6(9-12-4-13-17(9)10)14-7(15-8)5-2-1-3-18-5/h1-4H,(H2,11,16)(H,14,15). The van der Waals surface area contributed by atoms with Crippen molar-refractivity contribution in [2.24, 2.45) is 0 Å². The highest BCUT2D eigenvalue weighted by Gasteiger charge is 2.14. The van der Waals surface area contributed by atoms with E-state index in [1.165, 1.54) is 10.8 Å². The number of fused-ring (bicyclic) bond motifs is 3. The number of rotatable bonds is 1. The molecule has 8 heteroatoms. The Morgan fingerprint density at radius 1 is 1.33 bits per heavy atom. The van der Waals surface area contributed by atoms with Crippen molar-refractivity contribution in [1.82, 2.24) is 29.5 Å². The van der Waals surface area contributed by atoms with Crippen molar-refractivity contribution in [3.63, 3.8) is 0 Å². The van der Waals surface area contributed by atoms with Crippen LogP contribution in [0.25, 0.3) is 28.4 Å². The zero-order valence-corrected chi connectivity index (χ0v) is 9.03. The first-order chi connectivity index (χ1) is 8.83. The van der Waals surface area contributed by atoms with Crippen LogP contribution in [0.5, 0.6) is 0 Å². The number of aromatic nitrogens is 6. The summed E-state index contributed by atoms with van der Waals surface area (Å²) < 4.78 is 6.73. The Bertz CT molecular complexity index is 842. The zero-order valence-electron chi connectivity index (χ0n) is 9.03. The minimum Gasteiger partial charge on any atom is -0.461 e. The lowest BCUT2D eigenvalue weighted by Crippen LogP contribution is -2.02. The van der Waals surface area contributed by atoms with Crippen molar-refractivity contribution in [3.05, 3.63) is 24.7 Å². The Balaban J connectivity index is 2.11.